The Kier molecular flexibility index (Phi) is 6.51. The molecule has 0 aliphatic heterocycles. The van der Waals surface area contributed by atoms with Crippen LogP contribution in [-0.2, 0) is 4.79 Å². The van der Waals surface area contributed by atoms with Gasteiger partial charge in [-0.2, -0.15) is 0 Å². The van der Waals surface area contributed by atoms with Crippen molar-refractivity contribution in [1.82, 2.24) is 9.97 Å². The zero-order chi connectivity index (χ0) is 23.4. The molecule has 3 aromatic carbocycles. The van der Waals surface area contributed by atoms with Crippen LogP contribution >= 0.6 is 11.6 Å². The van der Waals surface area contributed by atoms with E-state index >= 15 is 0 Å². The minimum atomic E-state index is -0.391. The van der Waals surface area contributed by atoms with Crippen molar-refractivity contribution >= 4 is 45.8 Å². The minimum absolute atomic E-state index is 0.0544. The van der Waals surface area contributed by atoms with Crippen molar-refractivity contribution in [2.45, 2.75) is 13.3 Å². The summed E-state index contributed by atoms with van der Waals surface area (Å²) in [4.78, 5) is 33.2. The van der Waals surface area contributed by atoms with Crippen molar-refractivity contribution in [3.63, 3.8) is 0 Å². The van der Waals surface area contributed by atoms with Gasteiger partial charge >= 0.3 is 0 Å². The van der Waals surface area contributed by atoms with Crippen molar-refractivity contribution in [3.05, 3.63) is 77.6 Å². The Labute approximate surface area is 195 Å². The number of ether oxygens (including phenoxy) is 1. The van der Waals surface area contributed by atoms with Gasteiger partial charge in [-0.3, -0.25) is 9.59 Å². The van der Waals surface area contributed by atoms with E-state index in [0.717, 1.165) is 11.1 Å². The summed E-state index contributed by atoms with van der Waals surface area (Å²) in [5.74, 6) is 0.485. The largest absolute Gasteiger partial charge is 0.497 e. The Morgan fingerprint density at radius 1 is 0.970 bits per heavy atom. The predicted octanol–water partition coefficient (Wildman–Crippen LogP) is 5.56. The first-order valence-electron chi connectivity index (χ1n) is 10.3. The third-order valence-corrected chi connectivity index (χ3v) is 5.40. The molecule has 1 aromatic heterocycles. The van der Waals surface area contributed by atoms with E-state index in [1.54, 1.807) is 25.1 Å². The van der Waals surface area contributed by atoms with Crippen LogP contribution in [0.2, 0.25) is 5.02 Å². The van der Waals surface area contributed by atoms with E-state index in [1.165, 1.54) is 13.4 Å². The zero-order valence-electron chi connectivity index (χ0n) is 18.1. The quantitative estimate of drug-likeness (QED) is 0.393. The second kappa shape index (κ2) is 9.67. The molecule has 0 fully saturated rings. The van der Waals surface area contributed by atoms with Gasteiger partial charge in [0.2, 0.25) is 5.91 Å². The zero-order valence-corrected chi connectivity index (χ0v) is 18.8. The number of amides is 2. The number of rotatable bonds is 6. The Bertz CT molecular complexity index is 1360. The summed E-state index contributed by atoms with van der Waals surface area (Å²) in [6, 6.07) is 18.1. The van der Waals surface area contributed by atoms with Gasteiger partial charge in [-0.25, -0.2) is 9.97 Å². The number of aromatic nitrogens is 2. The maximum atomic E-state index is 12.9. The van der Waals surface area contributed by atoms with Crippen molar-refractivity contribution in [2.75, 3.05) is 17.7 Å². The molecule has 0 aliphatic carbocycles. The van der Waals surface area contributed by atoms with Crippen molar-refractivity contribution in [2.24, 2.45) is 0 Å². The van der Waals surface area contributed by atoms with Gasteiger partial charge in [0.15, 0.2) is 0 Å². The summed E-state index contributed by atoms with van der Waals surface area (Å²) in [6.45, 7) is 1.80. The van der Waals surface area contributed by atoms with Crippen LogP contribution < -0.4 is 15.4 Å². The number of hydrogen-bond donors (Lipinski definition) is 2. The van der Waals surface area contributed by atoms with Crippen LogP contribution in [0, 0.1) is 0 Å². The number of nitrogens with zero attached hydrogens (tertiary/aromatic N) is 2. The summed E-state index contributed by atoms with van der Waals surface area (Å²) in [7, 11) is 1.53. The van der Waals surface area contributed by atoms with Crippen LogP contribution in [0.25, 0.3) is 22.0 Å². The SMILES string of the molecule is CCC(=O)Nc1cccc(-c2ccc3ncnc(NC(=O)c4ccc(OC)cc4Cl)c3c2)c1. The molecule has 0 aliphatic rings. The maximum absolute atomic E-state index is 12.9. The molecule has 0 atom stereocenters. The highest BCUT2D eigenvalue weighted by atomic mass is 35.5. The summed E-state index contributed by atoms with van der Waals surface area (Å²) in [5.41, 5.74) is 3.50. The lowest BCUT2D eigenvalue weighted by molar-refractivity contribution is -0.115. The number of anilines is 2. The molecule has 0 saturated heterocycles. The first-order valence-corrected chi connectivity index (χ1v) is 10.7. The molecule has 2 N–H and O–H groups in total. The molecule has 2 amide bonds. The second-order valence-electron chi connectivity index (χ2n) is 7.24. The minimum Gasteiger partial charge on any atom is -0.497 e. The fourth-order valence-corrected chi connectivity index (χ4v) is 3.60. The first-order chi connectivity index (χ1) is 16.0. The molecule has 166 valence electrons. The number of carbonyl (C=O) groups excluding carboxylic acids is 2. The van der Waals surface area contributed by atoms with E-state index in [9.17, 15) is 9.59 Å². The number of fused-ring (bicyclic) bond motifs is 1. The lowest BCUT2D eigenvalue weighted by atomic mass is 10.0. The predicted molar refractivity (Wildman–Crippen MR) is 130 cm³/mol. The van der Waals surface area contributed by atoms with Gasteiger partial charge < -0.3 is 15.4 Å². The third kappa shape index (κ3) is 4.94. The number of benzene rings is 3. The van der Waals surface area contributed by atoms with E-state index in [1.807, 2.05) is 42.5 Å². The van der Waals surface area contributed by atoms with Crippen LogP contribution in [0.4, 0.5) is 11.5 Å². The Morgan fingerprint density at radius 2 is 1.79 bits per heavy atom. The summed E-state index contributed by atoms with van der Waals surface area (Å²) >= 11 is 6.25. The van der Waals surface area contributed by atoms with Crippen LogP contribution in [0.15, 0.2) is 67.0 Å². The molecule has 0 unspecified atom stereocenters. The Morgan fingerprint density at radius 3 is 2.55 bits per heavy atom. The fraction of sp³-hybridized carbons (Fsp3) is 0.120. The van der Waals surface area contributed by atoms with Crippen molar-refractivity contribution in [1.29, 1.82) is 0 Å². The maximum Gasteiger partial charge on any atom is 0.258 e. The smallest absolute Gasteiger partial charge is 0.258 e. The van der Waals surface area contributed by atoms with Crippen LogP contribution in [0.3, 0.4) is 0 Å². The van der Waals surface area contributed by atoms with E-state index < -0.39 is 5.91 Å². The molecule has 0 saturated carbocycles. The highest BCUT2D eigenvalue weighted by molar-refractivity contribution is 6.34. The van der Waals surface area contributed by atoms with E-state index in [0.29, 0.717) is 40.1 Å². The molecule has 7 nitrogen and oxygen atoms in total. The third-order valence-electron chi connectivity index (χ3n) is 5.09. The summed E-state index contributed by atoms with van der Waals surface area (Å²) in [5, 5.41) is 6.65. The Balaban J connectivity index is 1.67. The molecule has 4 aromatic rings. The van der Waals surface area contributed by atoms with Gasteiger partial charge in [-0.1, -0.05) is 36.7 Å². The molecular weight excluding hydrogens is 440 g/mol. The van der Waals surface area contributed by atoms with Gasteiger partial charge in [-0.15, -0.1) is 0 Å². The number of carbonyl (C=O) groups is 2. The molecule has 0 radical (unpaired) electrons. The normalized spacial score (nSPS) is 10.6. The van der Waals surface area contributed by atoms with Crippen molar-refractivity contribution < 1.29 is 14.3 Å². The molecule has 1 heterocycles. The molecule has 4 rings (SSSR count). The lowest BCUT2D eigenvalue weighted by Gasteiger charge is -2.11. The highest BCUT2D eigenvalue weighted by Crippen LogP contribution is 2.29. The fourth-order valence-electron chi connectivity index (χ4n) is 3.34. The average molecular weight is 461 g/mol. The second-order valence-corrected chi connectivity index (χ2v) is 7.64. The molecule has 0 spiro atoms. The topological polar surface area (TPSA) is 93.2 Å². The van der Waals surface area contributed by atoms with Gasteiger partial charge in [0.1, 0.15) is 17.9 Å². The molecule has 8 heteroatoms. The van der Waals surface area contributed by atoms with Crippen LogP contribution in [-0.4, -0.2) is 28.9 Å². The number of hydrogen-bond acceptors (Lipinski definition) is 5. The number of methoxy groups -OCH3 is 1. The lowest BCUT2D eigenvalue weighted by Crippen LogP contribution is -2.14. The van der Waals surface area contributed by atoms with Crippen LogP contribution in [0.1, 0.15) is 23.7 Å². The summed E-state index contributed by atoms with van der Waals surface area (Å²) < 4.78 is 5.14. The number of nitrogens with one attached hydrogen (secondary N) is 2. The first kappa shape index (κ1) is 22.2. The Hall–Kier alpha value is -3.97. The molecule has 33 heavy (non-hydrogen) atoms. The summed E-state index contributed by atoms with van der Waals surface area (Å²) in [6.07, 6.45) is 1.80. The van der Waals surface area contributed by atoms with Gasteiger partial charge in [-0.05, 0) is 53.6 Å². The molecular formula is C25H21ClN4O3. The number of halogens is 1. The highest BCUT2D eigenvalue weighted by Gasteiger charge is 2.15. The van der Waals surface area contributed by atoms with Gasteiger partial charge in [0.05, 0.1) is 23.2 Å². The van der Waals surface area contributed by atoms with E-state index in [2.05, 4.69) is 20.6 Å². The van der Waals surface area contributed by atoms with Crippen molar-refractivity contribution in [3.8, 4) is 16.9 Å². The van der Waals surface area contributed by atoms with Gasteiger partial charge in [0.25, 0.3) is 5.91 Å². The monoisotopic (exact) mass is 460 g/mol. The van der Waals surface area contributed by atoms with Gasteiger partial charge in [0, 0.05) is 17.5 Å². The van der Waals surface area contributed by atoms with Crippen LogP contribution in [0.5, 0.6) is 5.75 Å². The van der Waals surface area contributed by atoms with E-state index in [4.69, 9.17) is 16.3 Å². The standard InChI is InChI=1S/C25H21ClN4O3/c1-3-23(31)29-17-6-4-5-15(11-17)16-7-10-22-20(12-16)24(28-14-27-22)30-25(32)19-9-8-18(33-2)13-21(19)26/h4-14H,3H2,1-2H3,(H,29,31)(H,27,28,30,32). The van der Waals surface area contributed by atoms with E-state index in [-0.39, 0.29) is 10.9 Å². The average Bonchev–Trinajstić information content (AvgIpc) is 2.83. The molecule has 0 bridgehead atoms.